The smallest absolute Gasteiger partial charge is 0.317 e. The zero-order valence-electron chi connectivity index (χ0n) is 12.4. The molecular formula is C16H20N2O3. The Kier molecular flexibility index (Phi) is 5.25. The van der Waals surface area contributed by atoms with Crippen molar-refractivity contribution in [2.75, 3.05) is 26.8 Å². The number of benzene rings is 1. The summed E-state index contributed by atoms with van der Waals surface area (Å²) >= 11 is 0. The van der Waals surface area contributed by atoms with Crippen molar-refractivity contribution in [3.63, 3.8) is 0 Å². The van der Waals surface area contributed by atoms with E-state index in [9.17, 15) is 4.79 Å². The maximum Gasteiger partial charge on any atom is 0.317 e. The quantitative estimate of drug-likeness (QED) is 0.845. The van der Waals surface area contributed by atoms with Gasteiger partial charge in [0.25, 0.3) is 0 Å². The monoisotopic (exact) mass is 288 g/mol. The number of aliphatic carboxylic acids is 1. The van der Waals surface area contributed by atoms with E-state index in [2.05, 4.69) is 4.98 Å². The van der Waals surface area contributed by atoms with Crippen LogP contribution >= 0.6 is 0 Å². The molecule has 0 bridgehead atoms. The minimum atomic E-state index is -0.831. The van der Waals surface area contributed by atoms with Crippen molar-refractivity contribution in [3.8, 4) is 0 Å². The molecule has 0 saturated heterocycles. The van der Waals surface area contributed by atoms with Crippen LogP contribution in [0.4, 0.5) is 0 Å². The number of pyridine rings is 1. The second kappa shape index (κ2) is 7.15. The van der Waals surface area contributed by atoms with E-state index in [4.69, 9.17) is 9.84 Å². The molecule has 2 rings (SSSR count). The third-order valence-electron chi connectivity index (χ3n) is 3.48. The van der Waals surface area contributed by atoms with Crippen LogP contribution in [0.1, 0.15) is 11.1 Å². The molecule has 0 fully saturated rings. The summed E-state index contributed by atoms with van der Waals surface area (Å²) in [5, 5.41) is 10.1. The number of methoxy groups -OCH3 is 1. The number of hydrogen-bond acceptors (Lipinski definition) is 4. The van der Waals surface area contributed by atoms with Crippen molar-refractivity contribution < 1.29 is 14.6 Å². The van der Waals surface area contributed by atoms with Gasteiger partial charge in [-0.05, 0) is 30.2 Å². The average molecular weight is 288 g/mol. The van der Waals surface area contributed by atoms with Crippen LogP contribution in [0.3, 0.4) is 0 Å². The number of nitrogens with zero attached hydrogens (tertiary/aromatic N) is 2. The second-order valence-electron chi connectivity index (χ2n) is 5.03. The molecule has 5 heteroatoms. The zero-order chi connectivity index (χ0) is 15.2. The number of carboxylic acid groups (broad SMARTS) is 1. The molecule has 0 unspecified atom stereocenters. The van der Waals surface area contributed by atoms with Crippen molar-refractivity contribution >= 4 is 16.9 Å². The third kappa shape index (κ3) is 4.00. The molecule has 0 spiro atoms. The van der Waals surface area contributed by atoms with Crippen molar-refractivity contribution in [2.45, 2.75) is 13.5 Å². The highest BCUT2D eigenvalue weighted by molar-refractivity contribution is 5.83. The van der Waals surface area contributed by atoms with E-state index >= 15 is 0 Å². The van der Waals surface area contributed by atoms with Gasteiger partial charge in [-0.1, -0.05) is 12.1 Å². The van der Waals surface area contributed by atoms with Crippen LogP contribution in [0, 0.1) is 6.92 Å². The van der Waals surface area contributed by atoms with Crippen molar-refractivity contribution in [1.82, 2.24) is 9.88 Å². The van der Waals surface area contributed by atoms with Crippen LogP contribution in [-0.4, -0.2) is 47.8 Å². The van der Waals surface area contributed by atoms with E-state index in [0.29, 0.717) is 19.7 Å². The normalized spacial score (nSPS) is 11.2. The first-order chi connectivity index (χ1) is 10.1. The largest absolute Gasteiger partial charge is 0.480 e. The van der Waals surface area contributed by atoms with Gasteiger partial charge < -0.3 is 9.84 Å². The molecule has 0 atom stereocenters. The molecule has 1 aromatic heterocycles. The number of rotatable bonds is 7. The minimum Gasteiger partial charge on any atom is -0.480 e. The number of aromatic nitrogens is 1. The van der Waals surface area contributed by atoms with Gasteiger partial charge in [-0.3, -0.25) is 14.7 Å². The fourth-order valence-corrected chi connectivity index (χ4v) is 2.38. The van der Waals surface area contributed by atoms with Crippen molar-refractivity contribution in [2.24, 2.45) is 0 Å². The Morgan fingerprint density at radius 1 is 1.38 bits per heavy atom. The van der Waals surface area contributed by atoms with Gasteiger partial charge in [0.1, 0.15) is 0 Å². The summed E-state index contributed by atoms with van der Waals surface area (Å²) in [5.41, 5.74) is 3.20. The maximum absolute atomic E-state index is 11.0. The summed E-state index contributed by atoms with van der Waals surface area (Å²) in [7, 11) is 1.62. The fraction of sp³-hybridized carbons (Fsp3) is 0.375. The van der Waals surface area contributed by atoms with Crippen LogP contribution in [0.2, 0.25) is 0 Å². The number of aryl methyl sites for hydroxylation is 1. The van der Waals surface area contributed by atoms with E-state index in [1.54, 1.807) is 13.3 Å². The van der Waals surface area contributed by atoms with Gasteiger partial charge in [0, 0.05) is 31.8 Å². The lowest BCUT2D eigenvalue weighted by atomic mass is 10.0. The summed E-state index contributed by atoms with van der Waals surface area (Å²) in [6.45, 7) is 3.70. The van der Waals surface area contributed by atoms with E-state index in [-0.39, 0.29) is 6.54 Å². The van der Waals surface area contributed by atoms with E-state index in [0.717, 1.165) is 22.0 Å². The summed E-state index contributed by atoms with van der Waals surface area (Å²) in [6.07, 6.45) is 1.77. The molecule has 1 N–H and O–H groups in total. The van der Waals surface area contributed by atoms with Gasteiger partial charge in [0.05, 0.1) is 18.7 Å². The summed E-state index contributed by atoms with van der Waals surface area (Å²) in [4.78, 5) is 17.2. The first-order valence-corrected chi connectivity index (χ1v) is 6.88. The minimum absolute atomic E-state index is 0.000546. The number of ether oxygens (including phenoxy) is 1. The predicted molar refractivity (Wildman–Crippen MR) is 81.3 cm³/mol. The van der Waals surface area contributed by atoms with Crippen LogP contribution < -0.4 is 0 Å². The summed E-state index contributed by atoms with van der Waals surface area (Å²) < 4.78 is 5.06. The van der Waals surface area contributed by atoms with Crippen LogP contribution in [0.15, 0.2) is 30.5 Å². The molecule has 5 nitrogen and oxygen atoms in total. The molecule has 0 aliphatic carbocycles. The predicted octanol–water partition coefficient (Wildman–Crippen LogP) is 2.08. The Morgan fingerprint density at radius 3 is 2.90 bits per heavy atom. The molecule has 0 aliphatic heterocycles. The Balaban J connectivity index is 2.30. The molecule has 0 aliphatic rings. The Morgan fingerprint density at radius 2 is 2.19 bits per heavy atom. The Bertz CT molecular complexity index is 628. The lowest BCUT2D eigenvalue weighted by Crippen LogP contribution is -2.32. The number of fused-ring (bicyclic) bond motifs is 1. The van der Waals surface area contributed by atoms with Crippen LogP contribution in [0.25, 0.3) is 10.9 Å². The van der Waals surface area contributed by atoms with Gasteiger partial charge in [-0.25, -0.2) is 0 Å². The highest BCUT2D eigenvalue weighted by atomic mass is 16.5. The third-order valence-corrected chi connectivity index (χ3v) is 3.48. The number of hydrogen-bond donors (Lipinski definition) is 1. The molecule has 1 aromatic carbocycles. The topological polar surface area (TPSA) is 62.7 Å². The van der Waals surface area contributed by atoms with Crippen LogP contribution in [0.5, 0.6) is 0 Å². The molecule has 21 heavy (non-hydrogen) atoms. The standard InChI is InChI=1S/C16H20N2O3/c1-12-5-6-15-13(4-3-7-17-15)14(12)10-18(8-9-21-2)11-16(19)20/h3-7H,8-11H2,1-2H3,(H,19,20). The average Bonchev–Trinajstić information content (AvgIpc) is 2.47. The lowest BCUT2D eigenvalue weighted by molar-refractivity contribution is -0.138. The highest BCUT2D eigenvalue weighted by Crippen LogP contribution is 2.22. The van der Waals surface area contributed by atoms with Gasteiger partial charge in [0.2, 0.25) is 0 Å². The maximum atomic E-state index is 11.0. The van der Waals surface area contributed by atoms with E-state index in [1.165, 1.54) is 0 Å². The molecule has 0 radical (unpaired) electrons. The molecule has 0 amide bonds. The molecule has 0 saturated carbocycles. The van der Waals surface area contributed by atoms with Gasteiger partial charge in [-0.2, -0.15) is 0 Å². The zero-order valence-corrected chi connectivity index (χ0v) is 12.4. The van der Waals surface area contributed by atoms with Gasteiger partial charge in [0.15, 0.2) is 0 Å². The molecule has 112 valence electrons. The first kappa shape index (κ1) is 15.4. The molecular weight excluding hydrogens is 268 g/mol. The van der Waals surface area contributed by atoms with Crippen molar-refractivity contribution in [3.05, 3.63) is 41.6 Å². The fourth-order valence-electron chi connectivity index (χ4n) is 2.38. The lowest BCUT2D eigenvalue weighted by Gasteiger charge is -2.22. The second-order valence-corrected chi connectivity index (χ2v) is 5.03. The summed E-state index contributed by atoms with van der Waals surface area (Å²) in [5.74, 6) is -0.831. The van der Waals surface area contributed by atoms with E-state index < -0.39 is 5.97 Å². The highest BCUT2D eigenvalue weighted by Gasteiger charge is 2.13. The van der Waals surface area contributed by atoms with Crippen molar-refractivity contribution in [1.29, 1.82) is 0 Å². The van der Waals surface area contributed by atoms with E-state index in [1.807, 2.05) is 36.1 Å². The molecule has 1 heterocycles. The first-order valence-electron chi connectivity index (χ1n) is 6.88. The van der Waals surface area contributed by atoms with Crippen LogP contribution in [-0.2, 0) is 16.1 Å². The SMILES string of the molecule is COCCN(CC(=O)O)Cc1c(C)ccc2ncccc12. The number of carboxylic acids is 1. The van der Waals surface area contributed by atoms with Gasteiger partial charge in [-0.15, -0.1) is 0 Å². The Labute approximate surface area is 124 Å². The summed E-state index contributed by atoms with van der Waals surface area (Å²) in [6, 6.07) is 7.95. The van der Waals surface area contributed by atoms with Gasteiger partial charge >= 0.3 is 5.97 Å². The number of carbonyl (C=O) groups is 1. The Hall–Kier alpha value is -1.98. The molecule has 2 aromatic rings.